The summed E-state index contributed by atoms with van der Waals surface area (Å²) in [7, 11) is 0. The molecule has 1 heterocycles. The number of halogens is 3. The average molecular weight is 313 g/mol. The van der Waals surface area contributed by atoms with E-state index < -0.39 is 12.1 Å². The Morgan fingerprint density at radius 3 is 2.55 bits per heavy atom. The second kappa shape index (κ2) is 7.06. The molecule has 2 rings (SSSR count). The molecular weight excluding hydrogens is 299 g/mol. The summed E-state index contributed by atoms with van der Waals surface area (Å²) in [5, 5.41) is 5.99. The topological polar surface area (TPSA) is 68.0 Å². The molecule has 1 amide bonds. The van der Waals surface area contributed by atoms with Gasteiger partial charge in [0, 0.05) is 18.5 Å². The molecule has 0 aliphatic carbocycles. The molecule has 0 saturated heterocycles. The van der Waals surface area contributed by atoms with Gasteiger partial charge in [-0.3, -0.25) is 4.79 Å². The minimum absolute atomic E-state index is 0.00390. The highest BCUT2D eigenvalue weighted by Gasteiger charge is 2.38. The average Bonchev–Trinajstić information content (AvgIpc) is 2.94. The van der Waals surface area contributed by atoms with E-state index in [9.17, 15) is 18.0 Å². The van der Waals surface area contributed by atoms with Crippen molar-refractivity contribution in [3.05, 3.63) is 42.0 Å². The predicted molar refractivity (Wildman–Crippen MR) is 71.9 cm³/mol. The van der Waals surface area contributed by atoms with Gasteiger partial charge in [0.05, 0.1) is 0 Å². The van der Waals surface area contributed by atoms with Crippen LogP contribution in [-0.2, 0) is 17.4 Å². The monoisotopic (exact) mass is 313 g/mol. The van der Waals surface area contributed by atoms with Crippen LogP contribution >= 0.6 is 0 Å². The smallest absolute Gasteiger partial charge is 0.329 e. The Morgan fingerprint density at radius 1 is 1.18 bits per heavy atom. The summed E-state index contributed by atoms with van der Waals surface area (Å²) in [5.74, 6) is -1.49. The highest BCUT2D eigenvalue weighted by molar-refractivity contribution is 5.90. The lowest BCUT2D eigenvalue weighted by molar-refractivity contribution is -0.159. The van der Waals surface area contributed by atoms with Crippen molar-refractivity contribution in [1.29, 1.82) is 0 Å². The number of unbranched alkanes of at least 4 members (excludes halogenated alkanes) is 1. The van der Waals surface area contributed by atoms with Crippen LogP contribution in [0.25, 0.3) is 0 Å². The Labute approximate surface area is 124 Å². The lowest BCUT2D eigenvalue weighted by Crippen LogP contribution is -2.11. The Bertz CT molecular complexity index is 611. The van der Waals surface area contributed by atoms with E-state index in [1.807, 2.05) is 18.2 Å². The molecule has 2 aromatic rings. The second-order valence-electron chi connectivity index (χ2n) is 4.63. The van der Waals surface area contributed by atoms with Crippen molar-refractivity contribution in [2.45, 2.75) is 31.9 Å². The molecule has 1 aromatic heterocycles. The highest BCUT2D eigenvalue weighted by atomic mass is 19.4. The number of benzene rings is 1. The molecule has 8 heteroatoms. The number of rotatable bonds is 6. The largest absolute Gasteiger partial charge is 0.471 e. The van der Waals surface area contributed by atoms with Gasteiger partial charge in [0.2, 0.25) is 5.91 Å². The van der Waals surface area contributed by atoms with E-state index in [0.717, 1.165) is 0 Å². The van der Waals surface area contributed by atoms with Gasteiger partial charge in [-0.2, -0.15) is 18.2 Å². The standard InChI is InChI=1S/C14H14F3N3O2/c15-14(16,17)13-19-11(20-22-13)8-4-5-9-12(21)18-10-6-2-1-3-7-10/h1-3,6-7H,4-5,8-9H2,(H,18,21). The van der Waals surface area contributed by atoms with Crippen LogP contribution in [0.5, 0.6) is 0 Å². The summed E-state index contributed by atoms with van der Waals surface area (Å²) >= 11 is 0. The number of para-hydroxylation sites is 1. The van der Waals surface area contributed by atoms with E-state index in [2.05, 4.69) is 20.0 Å². The third kappa shape index (κ3) is 4.87. The fraction of sp³-hybridized carbons (Fsp3) is 0.357. The SMILES string of the molecule is O=C(CCCCc1noc(C(F)(F)F)n1)Nc1ccccc1. The van der Waals surface area contributed by atoms with Gasteiger partial charge in [0.25, 0.3) is 0 Å². The van der Waals surface area contributed by atoms with Gasteiger partial charge in [-0.05, 0) is 25.0 Å². The van der Waals surface area contributed by atoms with Gasteiger partial charge in [0.1, 0.15) is 0 Å². The van der Waals surface area contributed by atoms with E-state index >= 15 is 0 Å². The normalized spacial score (nSPS) is 11.4. The Kier molecular flexibility index (Phi) is 5.13. The van der Waals surface area contributed by atoms with Crippen molar-refractivity contribution in [2.24, 2.45) is 0 Å². The molecule has 0 aliphatic rings. The van der Waals surface area contributed by atoms with E-state index in [1.54, 1.807) is 12.1 Å². The van der Waals surface area contributed by atoms with E-state index in [0.29, 0.717) is 18.5 Å². The van der Waals surface area contributed by atoms with Gasteiger partial charge in [-0.1, -0.05) is 23.4 Å². The second-order valence-corrected chi connectivity index (χ2v) is 4.63. The maximum atomic E-state index is 12.3. The molecule has 0 saturated carbocycles. The lowest BCUT2D eigenvalue weighted by atomic mass is 10.2. The number of nitrogens with one attached hydrogen (secondary N) is 1. The van der Waals surface area contributed by atoms with E-state index in [-0.39, 0.29) is 24.6 Å². The fourth-order valence-electron chi connectivity index (χ4n) is 1.78. The first-order valence-electron chi connectivity index (χ1n) is 6.70. The van der Waals surface area contributed by atoms with E-state index in [4.69, 9.17) is 0 Å². The first-order valence-corrected chi connectivity index (χ1v) is 6.70. The fourth-order valence-corrected chi connectivity index (χ4v) is 1.78. The van der Waals surface area contributed by atoms with Gasteiger partial charge >= 0.3 is 12.1 Å². The molecule has 1 N–H and O–H groups in total. The number of aryl methyl sites for hydroxylation is 1. The van der Waals surface area contributed by atoms with Crippen molar-refractivity contribution in [2.75, 3.05) is 5.32 Å². The summed E-state index contributed by atoms with van der Waals surface area (Å²) in [5.41, 5.74) is 0.709. The molecule has 118 valence electrons. The van der Waals surface area contributed by atoms with Gasteiger partial charge in [-0.15, -0.1) is 0 Å². The zero-order valence-electron chi connectivity index (χ0n) is 11.6. The van der Waals surface area contributed by atoms with Crippen LogP contribution in [0.1, 0.15) is 31.0 Å². The number of carbonyl (C=O) groups excluding carboxylic acids is 1. The minimum Gasteiger partial charge on any atom is -0.329 e. The molecule has 0 bridgehead atoms. The number of hydrogen-bond donors (Lipinski definition) is 1. The van der Waals surface area contributed by atoms with Crippen molar-refractivity contribution in [3.63, 3.8) is 0 Å². The number of nitrogens with zero attached hydrogens (tertiary/aromatic N) is 2. The van der Waals surface area contributed by atoms with Crippen LogP contribution in [0.4, 0.5) is 18.9 Å². The Hall–Kier alpha value is -2.38. The number of carbonyl (C=O) groups is 1. The summed E-state index contributed by atoms with van der Waals surface area (Å²) in [6, 6.07) is 9.01. The van der Waals surface area contributed by atoms with Crippen LogP contribution in [0.3, 0.4) is 0 Å². The summed E-state index contributed by atoms with van der Waals surface area (Å²) < 4.78 is 40.9. The summed E-state index contributed by atoms with van der Waals surface area (Å²) in [6.07, 6.45) is -3.09. The van der Waals surface area contributed by atoms with Crippen molar-refractivity contribution in [1.82, 2.24) is 10.1 Å². The number of alkyl halides is 3. The molecule has 0 atom stereocenters. The molecule has 22 heavy (non-hydrogen) atoms. The minimum atomic E-state index is -4.62. The molecule has 1 aromatic carbocycles. The Morgan fingerprint density at radius 2 is 1.91 bits per heavy atom. The van der Waals surface area contributed by atoms with Crippen LogP contribution in [0.15, 0.2) is 34.9 Å². The molecule has 0 radical (unpaired) electrons. The third-order valence-electron chi connectivity index (χ3n) is 2.82. The quantitative estimate of drug-likeness (QED) is 0.830. The molecule has 0 fully saturated rings. The molecule has 0 unspecified atom stereocenters. The predicted octanol–water partition coefficient (Wildman–Crippen LogP) is 3.44. The summed E-state index contributed by atoms with van der Waals surface area (Å²) in [4.78, 5) is 14.9. The maximum Gasteiger partial charge on any atom is 0.471 e. The summed E-state index contributed by atoms with van der Waals surface area (Å²) in [6.45, 7) is 0. The van der Waals surface area contributed by atoms with Crippen molar-refractivity contribution in [3.8, 4) is 0 Å². The third-order valence-corrected chi connectivity index (χ3v) is 2.82. The molecule has 5 nitrogen and oxygen atoms in total. The van der Waals surface area contributed by atoms with Crippen LogP contribution in [-0.4, -0.2) is 16.0 Å². The molecular formula is C14H14F3N3O2. The van der Waals surface area contributed by atoms with Crippen molar-refractivity contribution >= 4 is 11.6 Å². The van der Waals surface area contributed by atoms with Gasteiger partial charge in [-0.25, -0.2) is 0 Å². The number of aromatic nitrogens is 2. The Balaban J connectivity index is 1.69. The maximum absolute atomic E-state index is 12.3. The van der Waals surface area contributed by atoms with Crippen LogP contribution in [0, 0.1) is 0 Å². The number of amides is 1. The van der Waals surface area contributed by atoms with Gasteiger partial charge < -0.3 is 9.84 Å². The first-order chi connectivity index (χ1) is 10.4. The zero-order valence-corrected chi connectivity index (χ0v) is 11.6. The zero-order chi connectivity index (χ0) is 16.0. The highest BCUT2D eigenvalue weighted by Crippen LogP contribution is 2.27. The number of anilines is 1. The lowest BCUT2D eigenvalue weighted by Gasteiger charge is -2.04. The molecule has 0 aliphatic heterocycles. The first kappa shape index (κ1) is 16.0. The molecule has 0 spiro atoms. The van der Waals surface area contributed by atoms with Crippen molar-refractivity contribution < 1.29 is 22.5 Å². The van der Waals surface area contributed by atoms with E-state index in [1.165, 1.54) is 0 Å². The van der Waals surface area contributed by atoms with Gasteiger partial charge in [0.15, 0.2) is 5.82 Å². The number of hydrogen-bond acceptors (Lipinski definition) is 4. The van der Waals surface area contributed by atoms with Crippen LogP contribution in [0.2, 0.25) is 0 Å². The van der Waals surface area contributed by atoms with Crippen LogP contribution < -0.4 is 5.32 Å².